The van der Waals surface area contributed by atoms with E-state index in [9.17, 15) is 4.79 Å². The van der Waals surface area contributed by atoms with Crippen LogP contribution in [0.15, 0.2) is 30.4 Å². The van der Waals surface area contributed by atoms with Crippen molar-refractivity contribution in [1.82, 2.24) is 9.97 Å². The summed E-state index contributed by atoms with van der Waals surface area (Å²) in [6, 6.07) is 6.53. The Morgan fingerprint density at radius 2 is 1.79 bits per heavy atom. The second-order valence-electron chi connectivity index (χ2n) is 7.81. The second-order valence-corrected chi connectivity index (χ2v) is 7.81. The molecule has 0 aliphatic rings. The first-order chi connectivity index (χ1) is 14.0. The van der Waals surface area contributed by atoms with E-state index in [1.165, 1.54) is 44.2 Å². The number of ether oxygens (including phenoxy) is 1. The van der Waals surface area contributed by atoms with Gasteiger partial charge >= 0.3 is 5.97 Å². The zero-order chi connectivity index (χ0) is 21.1. The average molecular weight is 400 g/mol. The minimum absolute atomic E-state index is 0.328. The van der Waals surface area contributed by atoms with E-state index in [1.807, 2.05) is 0 Å². The van der Waals surface area contributed by atoms with Crippen LogP contribution >= 0.6 is 0 Å². The zero-order valence-corrected chi connectivity index (χ0v) is 18.4. The molecule has 1 N–H and O–H groups in total. The number of fused-ring (bicyclic) bond motifs is 1. The molecule has 1 heterocycles. The fourth-order valence-electron chi connectivity index (χ4n) is 3.37. The van der Waals surface area contributed by atoms with E-state index in [4.69, 9.17) is 4.74 Å². The Balaban J connectivity index is 1.99. The number of carbonyl (C=O) groups is 1. The highest BCUT2D eigenvalue weighted by molar-refractivity contribution is 5.86. The Kier molecular flexibility index (Phi) is 9.75. The maximum Gasteiger partial charge on any atom is 0.333 e. The minimum Gasteiger partial charge on any atom is -0.462 e. The first-order valence-corrected chi connectivity index (χ1v) is 11.1. The molecule has 0 unspecified atom stereocenters. The lowest BCUT2D eigenvalue weighted by Gasteiger charge is -2.25. The van der Waals surface area contributed by atoms with Gasteiger partial charge in [0.1, 0.15) is 5.82 Å². The van der Waals surface area contributed by atoms with E-state index < -0.39 is 0 Å². The molecule has 5 heteroatoms. The number of nitrogens with one attached hydrogen (secondary N) is 1. The van der Waals surface area contributed by atoms with Crippen molar-refractivity contribution in [3.8, 4) is 0 Å². The number of H-pyrrole nitrogens is 1. The van der Waals surface area contributed by atoms with E-state index in [0.717, 1.165) is 42.8 Å². The number of rotatable bonds is 14. The molecular weight excluding hydrogens is 362 g/mol. The molecule has 1 aromatic carbocycles. The number of aryl methyl sites for hydroxylation is 1. The molecule has 0 atom stereocenters. The summed E-state index contributed by atoms with van der Waals surface area (Å²) in [7, 11) is 0. The molecule has 2 rings (SSSR count). The number of aromatic amines is 1. The molecular formula is C24H37N3O2. The molecule has 29 heavy (non-hydrogen) atoms. The van der Waals surface area contributed by atoms with Crippen molar-refractivity contribution in [3.05, 3.63) is 36.2 Å². The summed E-state index contributed by atoms with van der Waals surface area (Å²) in [5.74, 6) is 0.609. The largest absolute Gasteiger partial charge is 0.462 e. The highest BCUT2D eigenvalue weighted by atomic mass is 16.5. The third-order valence-electron chi connectivity index (χ3n) is 5.08. The summed E-state index contributed by atoms with van der Waals surface area (Å²) in [5, 5.41) is 0. The molecule has 2 aromatic rings. The van der Waals surface area contributed by atoms with Crippen LogP contribution in [0.1, 0.15) is 71.5 Å². The molecule has 0 saturated carbocycles. The third kappa shape index (κ3) is 7.56. The number of hydrogen-bond acceptors (Lipinski definition) is 4. The fourth-order valence-corrected chi connectivity index (χ4v) is 3.37. The van der Waals surface area contributed by atoms with Crippen LogP contribution < -0.4 is 4.90 Å². The molecule has 0 spiro atoms. The number of benzene rings is 1. The summed E-state index contributed by atoms with van der Waals surface area (Å²) < 4.78 is 5.16. The molecule has 5 nitrogen and oxygen atoms in total. The predicted molar refractivity (Wildman–Crippen MR) is 121 cm³/mol. The summed E-state index contributed by atoms with van der Waals surface area (Å²) in [5.41, 5.74) is 3.77. The first-order valence-electron chi connectivity index (χ1n) is 11.1. The van der Waals surface area contributed by atoms with Crippen molar-refractivity contribution in [1.29, 1.82) is 0 Å². The van der Waals surface area contributed by atoms with Crippen LogP contribution in [0.25, 0.3) is 11.0 Å². The van der Waals surface area contributed by atoms with Crippen molar-refractivity contribution >= 4 is 22.7 Å². The Morgan fingerprint density at radius 3 is 2.41 bits per heavy atom. The van der Waals surface area contributed by atoms with Crippen LogP contribution in [0.3, 0.4) is 0 Å². The summed E-state index contributed by atoms with van der Waals surface area (Å²) in [6.45, 7) is 12.4. The van der Waals surface area contributed by atoms with Gasteiger partial charge in [0.05, 0.1) is 17.6 Å². The molecule has 0 radical (unpaired) electrons. The maximum atomic E-state index is 11.4. The van der Waals surface area contributed by atoms with Crippen molar-refractivity contribution in [3.63, 3.8) is 0 Å². The van der Waals surface area contributed by atoms with Gasteiger partial charge in [-0.15, -0.1) is 0 Å². The van der Waals surface area contributed by atoms with Crippen LogP contribution in [0.4, 0.5) is 5.69 Å². The normalized spacial score (nSPS) is 11.0. The van der Waals surface area contributed by atoms with Crippen molar-refractivity contribution in [2.24, 2.45) is 0 Å². The van der Waals surface area contributed by atoms with Gasteiger partial charge in [0, 0.05) is 30.8 Å². The topological polar surface area (TPSA) is 58.2 Å². The smallest absolute Gasteiger partial charge is 0.333 e. The van der Waals surface area contributed by atoms with Gasteiger partial charge in [-0.3, -0.25) is 0 Å². The summed E-state index contributed by atoms with van der Waals surface area (Å²) in [6.07, 6.45) is 9.00. The van der Waals surface area contributed by atoms with Gasteiger partial charge in [-0.25, -0.2) is 9.78 Å². The number of carbonyl (C=O) groups excluding carboxylic acids is 1. The van der Waals surface area contributed by atoms with E-state index in [2.05, 4.69) is 53.5 Å². The van der Waals surface area contributed by atoms with Crippen molar-refractivity contribution in [2.45, 2.75) is 72.1 Å². The third-order valence-corrected chi connectivity index (χ3v) is 5.08. The molecule has 0 bridgehead atoms. The Hall–Kier alpha value is -2.30. The molecule has 0 amide bonds. The molecule has 0 aliphatic heterocycles. The average Bonchev–Trinajstić information content (AvgIpc) is 3.12. The van der Waals surface area contributed by atoms with Gasteiger partial charge in [-0.2, -0.15) is 0 Å². The Bertz CT molecular complexity index is 772. The molecule has 160 valence electrons. The predicted octanol–water partition coefficient (Wildman–Crippen LogP) is 5.80. The van der Waals surface area contributed by atoms with Gasteiger partial charge in [0.25, 0.3) is 0 Å². The number of anilines is 1. The zero-order valence-electron chi connectivity index (χ0n) is 18.4. The maximum absolute atomic E-state index is 11.4. The number of unbranched alkanes of at least 4 members (excludes halogenated alkanes) is 4. The Labute approximate surface area is 175 Å². The van der Waals surface area contributed by atoms with Gasteiger partial charge in [-0.1, -0.05) is 46.1 Å². The van der Waals surface area contributed by atoms with Crippen LogP contribution in [0.2, 0.25) is 0 Å². The number of aromatic nitrogens is 2. The quantitative estimate of drug-likeness (QED) is 0.248. The van der Waals surface area contributed by atoms with Crippen LogP contribution in [0.5, 0.6) is 0 Å². The standard InChI is InChI=1S/C24H37N3O2/c1-5-7-9-15-27(16-10-8-6-2)20-13-14-21-22(18-20)26-23(25-21)12-11-17-29-24(28)19(3)4/h13-14,18H,3,5-12,15-17H2,1-2,4H3,(H,25,26). The van der Waals surface area contributed by atoms with Gasteiger partial charge in [-0.05, 0) is 44.4 Å². The van der Waals surface area contributed by atoms with E-state index in [-0.39, 0.29) is 5.97 Å². The monoisotopic (exact) mass is 399 g/mol. The van der Waals surface area contributed by atoms with Crippen molar-refractivity contribution in [2.75, 3.05) is 24.6 Å². The summed E-state index contributed by atoms with van der Waals surface area (Å²) in [4.78, 5) is 22.1. The lowest BCUT2D eigenvalue weighted by Crippen LogP contribution is -2.25. The highest BCUT2D eigenvalue weighted by Crippen LogP contribution is 2.22. The van der Waals surface area contributed by atoms with Crippen LogP contribution in [-0.2, 0) is 16.0 Å². The number of imidazole rings is 1. The van der Waals surface area contributed by atoms with Crippen molar-refractivity contribution < 1.29 is 9.53 Å². The van der Waals surface area contributed by atoms with Gasteiger partial charge < -0.3 is 14.6 Å². The summed E-state index contributed by atoms with van der Waals surface area (Å²) >= 11 is 0. The molecule has 0 aliphatic carbocycles. The minimum atomic E-state index is -0.328. The van der Waals surface area contributed by atoms with E-state index >= 15 is 0 Å². The second kappa shape index (κ2) is 12.3. The molecule has 0 saturated heterocycles. The van der Waals surface area contributed by atoms with Gasteiger partial charge in [0.15, 0.2) is 0 Å². The molecule has 1 aromatic heterocycles. The van der Waals surface area contributed by atoms with E-state index in [1.54, 1.807) is 6.92 Å². The van der Waals surface area contributed by atoms with Gasteiger partial charge in [0.2, 0.25) is 0 Å². The highest BCUT2D eigenvalue weighted by Gasteiger charge is 2.10. The lowest BCUT2D eigenvalue weighted by atomic mass is 10.2. The number of esters is 1. The van der Waals surface area contributed by atoms with E-state index in [0.29, 0.717) is 12.2 Å². The lowest BCUT2D eigenvalue weighted by molar-refractivity contribution is -0.139. The van der Waals surface area contributed by atoms with Crippen LogP contribution in [-0.4, -0.2) is 35.6 Å². The number of nitrogens with zero attached hydrogens (tertiary/aromatic N) is 2. The SMILES string of the molecule is C=C(C)C(=O)OCCCc1nc2ccc(N(CCCCC)CCCCC)cc2[nH]1. The van der Waals surface area contributed by atoms with Crippen LogP contribution in [0, 0.1) is 0 Å². The first kappa shape index (κ1) is 23.0. The fraction of sp³-hybridized carbons (Fsp3) is 0.583. The Morgan fingerprint density at radius 1 is 1.10 bits per heavy atom. The number of hydrogen-bond donors (Lipinski definition) is 1. The molecule has 0 fully saturated rings.